The van der Waals surface area contributed by atoms with Gasteiger partial charge >= 0.3 is 60.6 Å². The molecule has 0 radical (unpaired) electrons. The van der Waals surface area contributed by atoms with Crippen LogP contribution >= 0.6 is 0 Å². The average Bonchev–Trinajstić information content (AvgIpc) is 2.37. The van der Waals surface area contributed by atoms with Crippen molar-refractivity contribution >= 4 is 25.2 Å². The number of rotatable bonds is 1. The summed E-state index contributed by atoms with van der Waals surface area (Å²) in [6, 6.07) is 0. The van der Waals surface area contributed by atoms with E-state index in [1.54, 1.807) is 0 Å². The molecule has 48 valence electrons. The van der Waals surface area contributed by atoms with Crippen molar-refractivity contribution in [2.24, 2.45) is 0 Å². The first kappa shape index (κ1) is 7.15. The van der Waals surface area contributed by atoms with E-state index in [1.807, 2.05) is 9.91 Å². The third-order valence-electron chi connectivity index (χ3n) is 1.41. The molecule has 1 aliphatic heterocycles. The van der Waals surface area contributed by atoms with Crippen molar-refractivity contribution in [3.63, 3.8) is 0 Å². The summed E-state index contributed by atoms with van der Waals surface area (Å²) in [5, 5.41) is 7.96. The second-order valence-corrected chi connectivity index (χ2v) is 9.58. The summed E-state index contributed by atoms with van der Waals surface area (Å²) < 4.78 is 2.59. The fraction of sp³-hybridized carbons (Fsp3) is 0.400. The molecule has 1 N–H and O–H groups in total. The van der Waals surface area contributed by atoms with Crippen molar-refractivity contribution in [1.82, 2.24) is 0 Å². The number of hydrogen-bond acceptors (Lipinski definition) is 3. The summed E-state index contributed by atoms with van der Waals surface area (Å²) in [5.74, 6) is 0. The summed E-state index contributed by atoms with van der Waals surface area (Å²) in [6.07, 6.45) is 2.99. The van der Waals surface area contributed by atoms with Crippen LogP contribution in [-0.4, -0.2) is 30.4 Å². The molecule has 0 fully saturated rings. The Bertz CT molecular complexity index is 143. The summed E-state index contributed by atoms with van der Waals surface area (Å²) >= 11 is -2.11. The fourth-order valence-electron chi connectivity index (χ4n) is 0.897. The molecule has 1 rings (SSSR count). The predicted octanol–water partition coefficient (Wildman–Crippen LogP) is 1.17. The van der Waals surface area contributed by atoms with E-state index in [4.69, 9.17) is 5.26 Å². The second-order valence-electron chi connectivity index (χ2n) is 2.02. The summed E-state index contributed by atoms with van der Waals surface area (Å²) in [7, 11) is 0. The van der Waals surface area contributed by atoms with Gasteiger partial charge in [-0.2, -0.15) is 0 Å². The van der Waals surface area contributed by atoms with Gasteiger partial charge in [-0.1, -0.05) is 0 Å². The number of carbonyl (C=O) groups is 1. The SMILES string of the molecule is O=[C](OO)[In]1[CH]=CC[CH2]1. The summed E-state index contributed by atoms with van der Waals surface area (Å²) in [6.45, 7) is 0. The van der Waals surface area contributed by atoms with Gasteiger partial charge in [-0.25, -0.2) is 0 Å². The van der Waals surface area contributed by atoms with E-state index in [-0.39, 0.29) is 3.73 Å². The van der Waals surface area contributed by atoms with Crippen LogP contribution in [0.3, 0.4) is 0 Å². The van der Waals surface area contributed by atoms with Crippen molar-refractivity contribution in [2.45, 2.75) is 10.6 Å². The molecule has 0 saturated heterocycles. The number of allylic oxidation sites excluding steroid dienone is 1. The van der Waals surface area contributed by atoms with Crippen LogP contribution in [0.5, 0.6) is 0 Å². The topological polar surface area (TPSA) is 46.5 Å². The van der Waals surface area contributed by atoms with Gasteiger partial charge in [-0.15, -0.1) is 0 Å². The molecule has 0 bridgehead atoms. The molecule has 0 spiro atoms. The van der Waals surface area contributed by atoms with Crippen molar-refractivity contribution in [2.75, 3.05) is 0 Å². The van der Waals surface area contributed by atoms with Gasteiger partial charge in [0.2, 0.25) is 0 Å². The van der Waals surface area contributed by atoms with Gasteiger partial charge in [0.05, 0.1) is 0 Å². The average molecular weight is 230 g/mol. The van der Waals surface area contributed by atoms with Crippen LogP contribution in [0, 0.1) is 0 Å². The predicted molar refractivity (Wildman–Crippen MR) is 33.4 cm³/mol. The molecule has 0 saturated carbocycles. The van der Waals surface area contributed by atoms with Crippen LogP contribution in [0.4, 0.5) is 4.79 Å². The fourth-order valence-corrected chi connectivity index (χ4v) is 6.01. The van der Waals surface area contributed by atoms with Gasteiger partial charge in [0, 0.05) is 0 Å². The zero-order chi connectivity index (χ0) is 6.69. The van der Waals surface area contributed by atoms with Gasteiger partial charge in [0.25, 0.3) is 0 Å². The van der Waals surface area contributed by atoms with Crippen LogP contribution in [0.25, 0.3) is 0 Å². The van der Waals surface area contributed by atoms with E-state index < -0.39 is 21.4 Å². The third kappa shape index (κ3) is 1.73. The van der Waals surface area contributed by atoms with Gasteiger partial charge in [-0.3, -0.25) is 0 Å². The molecule has 0 unspecified atom stereocenters. The van der Waals surface area contributed by atoms with Crippen molar-refractivity contribution in [1.29, 1.82) is 0 Å². The second kappa shape index (κ2) is 3.27. The molecule has 9 heavy (non-hydrogen) atoms. The maximum atomic E-state index is 10.6. The molecule has 1 aliphatic rings. The summed E-state index contributed by atoms with van der Waals surface area (Å²) in [5.41, 5.74) is 0. The molecule has 3 nitrogen and oxygen atoms in total. The minimum atomic E-state index is -2.11. The molecule has 0 aromatic heterocycles. The van der Waals surface area contributed by atoms with Crippen LogP contribution in [0.2, 0.25) is 4.18 Å². The third-order valence-corrected chi connectivity index (χ3v) is 8.26. The zero-order valence-electron chi connectivity index (χ0n) is 4.91. The molecular weight excluding hydrogens is 223 g/mol. The molecule has 0 aromatic rings. The Morgan fingerprint density at radius 2 is 2.56 bits per heavy atom. The Labute approximate surface area is 60.8 Å². The van der Waals surface area contributed by atoms with Gasteiger partial charge in [-0.05, 0) is 0 Å². The Balaban J connectivity index is 2.43. The van der Waals surface area contributed by atoms with Crippen molar-refractivity contribution < 1.29 is 14.9 Å². The van der Waals surface area contributed by atoms with E-state index in [0.717, 1.165) is 10.6 Å². The number of carbonyl (C=O) groups excluding carboxylic acids is 1. The van der Waals surface area contributed by atoms with Gasteiger partial charge in [0.15, 0.2) is 0 Å². The van der Waals surface area contributed by atoms with Gasteiger partial charge < -0.3 is 0 Å². The molecule has 0 aliphatic carbocycles. The maximum absolute atomic E-state index is 10.6. The van der Waals surface area contributed by atoms with Crippen LogP contribution in [-0.2, 0) is 4.89 Å². The van der Waals surface area contributed by atoms with E-state index in [9.17, 15) is 4.79 Å². The van der Waals surface area contributed by atoms with E-state index in [1.165, 1.54) is 0 Å². The van der Waals surface area contributed by atoms with E-state index in [0.29, 0.717) is 0 Å². The molecule has 0 amide bonds. The Morgan fingerprint density at radius 1 is 1.78 bits per heavy atom. The molecule has 4 heteroatoms. The molecule has 0 aromatic carbocycles. The standard InChI is InChI=1S/C4H6.CHO3.In/c1-3-4-2;2-1-4-3;/h1,3H,2,4H2;3H;. The van der Waals surface area contributed by atoms with Crippen molar-refractivity contribution in [3.05, 3.63) is 9.91 Å². The first-order valence-electron chi connectivity index (χ1n) is 2.86. The molecule has 1 heterocycles. The summed E-state index contributed by atoms with van der Waals surface area (Å²) in [4.78, 5) is 14.2. The minimum absolute atomic E-state index is 0.342. The van der Waals surface area contributed by atoms with Crippen molar-refractivity contribution in [3.8, 4) is 0 Å². The first-order valence-corrected chi connectivity index (χ1v) is 8.74. The Morgan fingerprint density at radius 3 is 3.00 bits per heavy atom. The monoisotopic (exact) mass is 230 g/mol. The first-order chi connectivity index (χ1) is 4.34. The normalized spacial score (nSPS) is 16.3. The Kier molecular flexibility index (Phi) is 2.60. The van der Waals surface area contributed by atoms with Crippen LogP contribution in [0.1, 0.15) is 6.42 Å². The van der Waals surface area contributed by atoms with E-state index >= 15 is 0 Å². The van der Waals surface area contributed by atoms with Crippen LogP contribution < -0.4 is 0 Å². The molecule has 0 atom stereocenters. The van der Waals surface area contributed by atoms with Crippen LogP contribution in [0.15, 0.2) is 9.91 Å². The Hall–Kier alpha value is 0.0401. The molecular formula is C5H7InO3. The quantitative estimate of drug-likeness (QED) is 0.543. The zero-order valence-corrected chi connectivity index (χ0v) is 8.21. The van der Waals surface area contributed by atoms with Gasteiger partial charge in [0.1, 0.15) is 0 Å². The van der Waals surface area contributed by atoms with E-state index in [2.05, 4.69) is 4.89 Å². The number of hydrogen-bond donors (Lipinski definition) is 1.